The number of benzene rings is 1. The van der Waals surface area contributed by atoms with Crippen LogP contribution < -0.4 is 10.6 Å². The molecule has 2 heterocycles. The summed E-state index contributed by atoms with van der Waals surface area (Å²) in [6, 6.07) is 9.54. The summed E-state index contributed by atoms with van der Waals surface area (Å²) < 4.78 is 0. The first-order chi connectivity index (χ1) is 10.8. The van der Waals surface area contributed by atoms with E-state index in [0.717, 1.165) is 24.8 Å². The van der Waals surface area contributed by atoms with Gasteiger partial charge >= 0.3 is 0 Å². The number of hydrogen-bond donors (Lipinski definition) is 1. The molecule has 0 spiro atoms. The molecular weight excluding hydrogens is 294 g/mol. The van der Waals surface area contributed by atoms with Gasteiger partial charge in [-0.2, -0.15) is 0 Å². The summed E-state index contributed by atoms with van der Waals surface area (Å²) in [4.78, 5) is 4.99. The first-order valence-electron chi connectivity index (χ1n) is 7.94. The van der Waals surface area contributed by atoms with Gasteiger partial charge in [0.15, 0.2) is 0 Å². The predicted molar refractivity (Wildman–Crippen MR) is 90.4 cm³/mol. The zero-order valence-electron chi connectivity index (χ0n) is 12.6. The lowest BCUT2D eigenvalue weighted by Gasteiger charge is -2.27. The average Bonchev–Trinajstić information content (AvgIpc) is 3.07. The minimum atomic E-state index is 0.558. The minimum absolute atomic E-state index is 0.558. The van der Waals surface area contributed by atoms with Crippen LogP contribution in [0, 0.1) is 0 Å². The summed E-state index contributed by atoms with van der Waals surface area (Å²) in [7, 11) is 0. The van der Waals surface area contributed by atoms with Crippen LogP contribution in [0.3, 0.4) is 0 Å². The Bertz CT molecular complexity index is 630. The van der Waals surface area contributed by atoms with Crippen LogP contribution in [0.25, 0.3) is 0 Å². The van der Waals surface area contributed by atoms with Gasteiger partial charge in [0.25, 0.3) is 0 Å². The van der Waals surface area contributed by atoms with E-state index in [4.69, 9.17) is 5.73 Å². The van der Waals surface area contributed by atoms with E-state index in [0.29, 0.717) is 11.2 Å². The summed E-state index contributed by atoms with van der Waals surface area (Å²) in [5.41, 5.74) is 8.77. The molecule has 1 aliphatic heterocycles. The number of hydrogen-bond acceptors (Lipinski definition) is 6. The third kappa shape index (κ3) is 2.68. The Labute approximate surface area is 134 Å². The fourth-order valence-electron chi connectivity index (χ4n) is 3.64. The van der Waals surface area contributed by atoms with Crippen molar-refractivity contribution in [1.29, 1.82) is 0 Å². The van der Waals surface area contributed by atoms with Crippen molar-refractivity contribution in [2.24, 2.45) is 0 Å². The van der Waals surface area contributed by atoms with Crippen molar-refractivity contribution in [3.8, 4) is 0 Å². The molecule has 0 saturated carbocycles. The fourth-order valence-corrected chi connectivity index (χ4v) is 4.30. The minimum Gasteiger partial charge on any atom is -0.374 e. The molecule has 4 rings (SSSR count). The molecule has 0 bridgehead atoms. The van der Waals surface area contributed by atoms with E-state index in [1.54, 1.807) is 0 Å². The van der Waals surface area contributed by atoms with E-state index in [2.05, 4.69) is 44.3 Å². The molecule has 2 aliphatic rings. The Morgan fingerprint density at radius 1 is 1.00 bits per heavy atom. The van der Waals surface area contributed by atoms with E-state index in [1.165, 1.54) is 48.3 Å². The Morgan fingerprint density at radius 3 is 2.45 bits per heavy atom. The van der Waals surface area contributed by atoms with E-state index in [-0.39, 0.29) is 0 Å². The lowest BCUT2D eigenvalue weighted by molar-refractivity contribution is 0.216. The Balaban J connectivity index is 1.41. The molecule has 1 aromatic heterocycles. The van der Waals surface area contributed by atoms with E-state index in [9.17, 15) is 0 Å². The van der Waals surface area contributed by atoms with Gasteiger partial charge in [-0.15, -0.1) is 10.2 Å². The van der Waals surface area contributed by atoms with Crippen LogP contribution in [0.5, 0.6) is 0 Å². The van der Waals surface area contributed by atoms with E-state index >= 15 is 0 Å². The highest BCUT2D eigenvalue weighted by atomic mass is 32.1. The maximum Gasteiger partial charge on any atom is 0.210 e. The zero-order valence-corrected chi connectivity index (χ0v) is 13.4. The van der Waals surface area contributed by atoms with Crippen LogP contribution >= 0.6 is 11.3 Å². The maximum absolute atomic E-state index is 5.71. The maximum atomic E-state index is 5.71. The normalized spacial score (nSPS) is 20.1. The molecule has 1 saturated heterocycles. The number of nitrogens with zero attached hydrogens (tertiary/aromatic N) is 4. The van der Waals surface area contributed by atoms with Gasteiger partial charge in [-0.05, 0) is 30.4 Å². The topological polar surface area (TPSA) is 58.3 Å². The van der Waals surface area contributed by atoms with Gasteiger partial charge in [-0.25, -0.2) is 0 Å². The molecule has 0 radical (unpaired) electrons. The van der Waals surface area contributed by atoms with Gasteiger partial charge in [-0.1, -0.05) is 35.6 Å². The first-order valence-corrected chi connectivity index (χ1v) is 8.76. The number of fused-ring (bicyclic) bond motifs is 1. The van der Waals surface area contributed by atoms with Crippen LogP contribution in [0.1, 0.15) is 17.5 Å². The van der Waals surface area contributed by atoms with Crippen molar-refractivity contribution < 1.29 is 0 Å². The Kier molecular flexibility index (Phi) is 3.72. The summed E-state index contributed by atoms with van der Waals surface area (Å²) in [5, 5.41) is 9.65. The van der Waals surface area contributed by atoms with Crippen molar-refractivity contribution in [2.45, 2.75) is 25.3 Å². The standard InChI is InChI=1S/C16H21N5S/c17-15-18-19-16(22-15)21-7-3-6-20(8-9-21)14-10-12-4-1-2-5-13(12)11-14/h1-2,4-5,14H,3,6-11H2,(H2,17,18). The Morgan fingerprint density at radius 2 is 1.77 bits per heavy atom. The van der Waals surface area contributed by atoms with Gasteiger partial charge in [0.2, 0.25) is 10.3 Å². The zero-order chi connectivity index (χ0) is 14.9. The smallest absolute Gasteiger partial charge is 0.210 e. The van der Waals surface area contributed by atoms with Gasteiger partial charge in [0.1, 0.15) is 0 Å². The van der Waals surface area contributed by atoms with Crippen LogP contribution in [0.15, 0.2) is 24.3 Å². The average molecular weight is 315 g/mol. The molecule has 0 atom stereocenters. The number of aromatic nitrogens is 2. The number of nitrogens with two attached hydrogens (primary N) is 1. The van der Waals surface area contributed by atoms with E-state index in [1.807, 2.05) is 0 Å². The molecule has 1 aromatic carbocycles. The van der Waals surface area contributed by atoms with Gasteiger partial charge < -0.3 is 10.6 Å². The molecule has 1 fully saturated rings. The Hall–Kier alpha value is -1.66. The molecule has 2 aromatic rings. The second kappa shape index (κ2) is 5.85. The van der Waals surface area contributed by atoms with Crippen molar-refractivity contribution >= 4 is 21.6 Å². The quantitative estimate of drug-likeness (QED) is 0.916. The van der Waals surface area contributed by atoms with Crippen molar-refractivity contribution in [2.75, 3.05) is 36.8 Å². The third-order valence-corrected chi connectivity index (χ3v) is 5.59. The summed E-state index contributed by atoms with van der Waals surface area (Å²) >= 11 is 1.49. The fraction of sp³-hybridized carbons (Fsp3) is 0.500. The van der Waals surface area contributed by atoms with Gasteiger partial charge in [-0.3, -0.25) is 4.90 Å². The molecule has 0 unspecified atom stereocenters. The molecule has 6 heteroatoms. The van der Waals surface area contributed by atoms with Crippen LogP contribution in [-0.4, -0.2) is 47.3 Å². The summed E-state index contributed by atoms with van der Waals surface area (Å²) in [6.45, 7) is 4.33. The second-order valence-electron chi connectivity index (χ2n) is 6.13. The molecule has 1 aliphatic carbocycles. The van der Waals surface area contributed by atoms with Gasteiger partial charge in [0, 0.05) is 32.2 Å². The monoisotopic (exact) mass is 315 g/mol. The highest BCUT2D eigenvalue weighted by Crippen LogP contribution is 2.27. The SMILES string of the molecule is Nc1nnc(N2CCCN(C3Cc4ccccc4C3)CC2)s1. The highest BCUT2D eigenvalue weighted by Gasteiger charge is 2.28. The van der Waals surface area contributed by atoms with Crippen molar-refractivity contribution in [3.05, 3.63) is 35.4 Å². The molecular formula is C16H21N5S. The number of nitrogen functional groups attached to an aromatic ring is 1. The first kappa shape index (κ1) is 14.0. The molecule has 0 amide bonds. The summed E-state index contributed by atoms with van der Waals surface area (Å²) in [5.74, 6) is 0. The summed E-state index contributed by atoms with van der Waals surface area (Å²) in [6.07, 6.45) is 3.57. The highest BCUT2D eigenvalue weighted by molar-refractivity contribution is 7.18. The van der Waals surface area contributed by atoms with Crippen LogP contribution in [-0.2, 0) is 12.8 Å². The van der Waals surface area contributed by atoms with Crippen LogP contribution in [0.4, 0.5) is 10.3 Å². The molecule has 22 heavy (non-hydrogen) atoms. The van der Waals surface area contributed by atoms with Gasteiger partial charge in [0.05, 0.1) is 0 Å². The predicted octanol–water partition coefficient (Wildman–Crippen LogP) is 1.80. The van der Waals surface area contributed by atoms with Crippen LogP contribution in [0.2, 0.25) is 0 Å². The molecule has 5 nitrogen and oxygen atoms in total. The second-order valence-corrected chi connectivity index (χ2v) is 7.12. The van der Waals surface area contributed by atoms with Crippen molar-refractivity contribution in [1.82, 2.24) is 15.1 Å². The number of anilines is 2. The van der Waals surface area contributed by atoms with E-state index < -0.39 is 0 Å². The van der Waals surface area contributed by atoms with Crippen molar-refractivity contribution in [3.63, 3.8) is 0 Å². The lowest BCUT2D eigenvalue weighted by atomic mass is 10.1. The molecule has 2 N–H and O–H groups in total. The largest absolute Gasteiger partial charge is 0.374 e. The lowest BCUT2D eigenvalue weighted by Crippen LogP contribution is -2.39. The number of rotatable bonds is 2. The molecule has 116 valence electrons. The third-order valence-electron chi connectivity index (χ3n) is 4.78.